The molecule has 19 heavy (non-hydrogen) atoms. The summed E-state index contributed by atoms with van der Waals surface area (Å²) >= 11 is 1.34. The number of nitrogens with one attached hydrogen (secondary N) is 1. The fourth-order valence-electron chi connectivity index (χ4n) is 2.15. The monoisotopic (exact) mass is 281 g/mol. The average Bonchev–Trinajstić information content (AvgIpc) is 2.43. The van der Waals surface area contributed by atoms with Gasteiger partial charge in [-0.05, 0) is 37.3 Å². The lowest BCUT2D eigenvalue weighted by Crippen LogP contribution is -2.19. The minimum atomic E-state index is -0.775. The molecule has 6 heteroatoms. The summed E-state index contributed by atoms with van der Waals surface area (Å²) in [5.74, 6) is 0.351. The number of thioether (sulfide) groups is 1. The maximum absolute atomic E-state index is 9.40. The van der Waals surface area contributed by atoms with Crippen LogP contribution < -0.4 is 5.73 Å². The molecule has 2 rings (SSSR count). The van der Waals surface area contributed by atoms with Crippen molar-refractivity contribution in [3.05, 3.63) is 22.9 Å². The molecule has 1 heterocycles. The van der Waals surface area contributed by atoms with Crippen molar-refractivity contribution >= 4 is 17.6 Å². The summed E-state index contributed by atoms with van der Waals surface area (Å²) in [4.78, 5) is 4.59. The van der Waals surface area contributed by atoms with E-state index in [2.05, 4.69) is 4.98 Å². The highest BCUT2D eigenvalue weighted by atomic mass is 32.2. The van der Waals surface area contributed by atoms with Gasteiger partial charge in [-0.1, -0.05) is 0 Å². The summed E-state index contributed by atoms with van der Waals surface area (Å²) in [6, 6.07) is 1.96. The van der Waals surface area contributed by atoms with Gasteiger partial charge in [0, 0.05) is 17.0 Å². The van der Waals surface area contributed by atoms with Gasteiger partial charge in [0.1, 0.15) is 10.9 Å². The zero-order valence-corrected chi connectivity index (χ0v) is 11.5. The lowest BCUT2D eigenvalue weighted by Gasteiger charge is -2.18. The number of aliphatic hydroxyl groups is 2. The first kappa shape index (κ1) is 14.3. The molecule has 104 valence electrons. The number of aromatic nitrogens is 1. The third kappa shape index (κ3) is 3.46. The summed E-state index contributed by atoms with van der Waals surface area (Å²) < 4.78 is 0. The highest BCUT2D eigenvalue weighted by Gasteiger charge is 2.17. The molecule has 1 aromatic rings. The minimum absolute atomic E-state index is 0.00172. The first-order valence-electron chi connectivity index (χ1n) is 6.40. The van der Waals surface area contributed by atoms with Crippen molar-refractivity contribution < 1.29 is 10.2 Å². The average molecular weight is 281 g/mol. The van der Waals surface area contributed by atoms with Crippen LogP contribution in [0.15, 0.2) is 11.1 Å². The van der Waals surface area contributed by atoms with Gasteiger partial charge in [0.05, 0.1) is 12.7 Å². The molecule has 1 unspecified atom stereocenters. The van der Waals surface area contributed by atoms with Crippen molar-refractivity contribution in [1.29, 1.82) is 5.41 Å². The lowest BCUT2D eigenvalue weighted by atomic mass is 9.95. The number of nitrogens with two attached hydrogens (primary N) is 1. The molecule has 5 nitrogen and oxygen atoms in total. The van der Waals surface area contributed by atoms with Gasteiger partial charge < -0.3 is 15.9 Å². The van der Waals surface area contributed by atoms with Crippen LogP contribution in [0.5, 0.6) is 0 Å². The Balaban J connectivity index is 2.26. The van der Waals surface area contributed by atoms with Crippen LogP contribution in [0.25, 0.3) is 0 Å². The van der Waals surface area contributed by atoms with E-state index in [1.807, 2.05) is 6.07 Å². The second-order valence-electron chi connectivity index (χ2n) is 4.72. The molecule has 1 atom stereocenters. The van der Waals surface area contributed by atoms with Gasteiger partial charge >= 0.3 is 0 Å². The quantitative estimate of drug-likeness (QED) is 0.361. The molecule has 5 N–H and O–H groups in total. The summed E-state index contributed by atoms with van der Waals surface area (Å²) in [6.45, 7) is -0.270. The van der Waals surface area contributed by atoms with E-state index < -0.39 is 6.10 Å². The highest BCUT2D eigenvalue weighted by Crippen LogP contribution is 2.27. The van der Waals surface area contributed by atoms with E-state index in [4.69, 9.17) is 16.2 Å². The zero-order chi connectivity index (χ0) is 13.8. The second kappa shape index (κ2) is 6.36. The number of aliphatic hydroxyl groups excluding tert-OH is 2. The lowest BCUT2D eigenvalue weighted by molar-refractivity contribution is 0.113. The molecule has 0 aromatic carbocycles. The van der Waals surface area contributed by atoms with E-state index in [1.54, 1.807) is 0 Å². The Morgan fingerprint density at radius 2 is 2.21 bits per heavy atom. The standard InChI is InChI=1S/C13H19N3O2S/c14-12(15)10-5-8-3-1-2-4-11(8)16-13(10)19-7-9(18)6-17/h5,9,17-18H,1-4,6-7H2,(H3,14,15). The van der Waals surface area contributed by atoms with E-state index in [0.29, 0.717) is 16.3 Å². The molecule has 0 amide bonds. The van der Waals surface area contributed by atoms with Crippen LogP contribution in [0.2, 0.25) is 0 Å². The number of hydrogen-bond acceptors (Lipinski definition) is 5. The van der Waals surface area contributed by atoms with Crippen LogP contribution in [0.1, 0.15) is 29.7 Å². The molecule has 0 spiro atoms. The first-order chi connectivity index (χ1) is 9.11. The van der Waals surface area contributed by atoms with Crippen LogP contribution in [0.3, 0.4) is 0 Å². The molecule has 0 radical (unpaired) electrons. The Hall–Kier alpha value is -1.11. The number of hydrogen-bond donors (Lipinski definition) is 4. The van der Waals surface area contributed by atoms with Gasteiger partial charge in [-0.2, -0.15) is 0 Å². The van der Waals surface area contributed by atoms with Crippen molar-refractivity contribution in [3.8, 4) is 0 Å². The molecule has 0 aliphatic heterocycles. The largest absolute Gasteiger partial charge is 0.394 e. The third-order valence-corrected chi connectivity index (χ3v) is 4.32. The van der Waals surface area contributed by atoms with Crippen LogP contribution in [0, 0.1) is 5.41 Å². The molecule has 1 aromatic heterocycles. The van der Waals surface area contributed by atoms with Crippen molar-refractivity contribution in [2.24, 2.45) is 5.73 Å². The predicted octanol–water partition coefficient (Wildman–Crippen LogP) is 0.690. The van der Waals surface area contributed by atoms with Gasteiger partial charge in [-0.25, -0.2) is 4.98 Å². The van der Waals surface area contributed by atoms with E-state index in [0.717, 1.165) is 31.4 Å². The zero-order valence-electron chi connectivity index (χ0n) is 10.7. The molecular weight excluding hydrogens is 262 g/mol. The van der Waals surface area contributed by atoms with Crippen molar-refractivity contribution in [2.45, 2.75) is 36.8 Å². The topological polar surface area (TPSA) is 103 Å². The Morgan fingerprint density at radius 1 is 1.47 bits per heavy atom. The normalized spacial score (nSPS) is 15.9. The van der Waals surface area contributed by atoms with E-state index in [1.165, 1.54) is 17.3 Å². The Bertz CT molecular complexity index is 479. The number of nitrogens with zero attached hydrogens (tertiary/aromatic N) is 1. The van der Waals surface area contributed by atoms with Gasteiger partial charge in [-0.3, -0.25) is 5.41 Å². The number of amidine groups is 1. The summed E-state index contributed by atoms with van der Waals surface area (Å²) in [7, 11) is 0. The summed E-state index contributed by atoms with van der Waals surface area (Å²) in [6.07, 6.45) is 3.48. The molecule has 0 bridgehead atoms. The van der Waals surface area contributed by atoms with Crippen molar-refractivity contribution in [3.63, 3.8) is 0 Å². The number of pyridine rings is 1. The van der Waals surface area contributed by atoms with Gasteiger partial charge in [0.2, 0.25) is 0 Å². The van der Waals surface area contributed by atoms with Gasteiger partial charge in [0.25, 0.3) is 0 Å². The molecule has 0 saturated heterocycles. The second-order valence-corrected chi connectivity index (χ2v) is 5.72. The van der Waals surface area contributed by atoms with E-state index >= 15 is 0 Å². The molecular formula is C13H19N3O2S. The summed E-state index contributed by atoms with van der Waals surface area (Å²) in [5, 5.41) is 26.6. The highest BCUT2D eigenvalue weighted by molar-refractivity contribution is 7.99. The van der Waals surface area contributed by atoms with Crippen molar-refractivity contribution in [1.82, 2.24) is 4.98 Å². The van der Waals surface area contributed by atoms with Crippen LogP contribution in [-0.2, 0) is 12.8 Å². The molecule has 1 aliphatic carbocycles. The van der Waals surface area contributed by atoms with Crippen LogP contribution in [-0.4, -0.2) is 39.5 Å². The van der Waals surface area contributed by atoms with Crippen LogP contribution >= 0.6 is 11.8 Å². The SMILES string of the molecule is N=C(N)c1cc2c(nc1SCC(O)CO)CCCC2. The molecule has 0 fully saturated rings. The first-order valence-corrected chi connectivity index (χ1v) is 7.39. The maximum atomic E-state index is 9.40. The number of aryl methyl sites for hydroxylation is 2. The van der Waals surface area contributed by atoms with E-state index in [-0.39, 0.29) is 12.4 Å². The smallest absolute Gasteiger partial charge is 0.125 e. The molecule has 0 saturated carbocycles. The number of fused-ring (bicyclic) bond motifs is 1. The predicted molar refractivity (Wildman–Crippen MR) is 75.7 cm³/mol. The maximum Gasteiger partial charge on any atom is 0.125 e. The van der Waals surface area contributed by atoms with E-state index in [9.17, 15) is 5.11 Å². The number of nitrogen functional groups attached to an aromatic ring is 1. The Morgan fingerprint density at radius 3 is 2.89 bits per heavy atom. The Labute approximate surface area is 116 Å². The summed E-state index contributed by atoms with van der Waals surface area (Å²) in [5.41, 5.74) is 8.50. The minimum Gasteiger partial charge on any atom is -0.394 e. The number of rotatable bonds is 5. The fraction of sp³-hybridized carbons (Fsp3) is 0.538. The van der Waals surface area contributed by atoms with Gasteiger partial charge in [-0.15, -0.1) is 11.8 Å². The third-order valence-electron chi connectivity index (χ3n) is 3.18. The van der Waals surface area contributed by atoms with Crippen molar-refractivity contribution in [2.75, 3.05) is 12.4 Å². The van der Waals surface area contributed by atoms with Gasteiger partial charge in [0.15, 0.2) is 0 Å². The fourth-order valence-corrected chi connectivity index (χ4v) is 3.10. The van der Waals surface area contributed by atoms with Crippen LogP contribution in [0.4, 0.5) is 0 Å². The Kier molecular flexibility index (Phi) is 4.79. The molecule has 1 aliphatic rings.